The SMILES string of the molecule is CCN(CC(F)(F)F)c1ccc(CNC)cc1Cl. The molecule has 18 heavy (non-hydrogen) atoms. The molecule has 2 nitrogen and oxygen atoms in total. The van der Waals surface area contributed by atoms with Gasteiger partial charge in [-0.05, 0) is 31.7 Å². The molecule has 1 aromatic rings. The van der Waals surface area contributed by atoms with Crippen molar-refractivity contribution in [2.75, 3.05) is 25.0 Å². The number of nitrogens with zero attached hydrogens (tertiary/aromatic N) is 1. The summed E-state index contributed by atoms with van der Waals surface area (Å²) in [6.07, 6.45) is -4.23. The summed E-state index contributed by atoms with van der Waals surface area (Å²) < 4.78 is 37.2. The van der Waals surface area contributed by atoms with Crippen LogP contribution >= 0.6 is 11.6 Å². The van der Waals surface area contributed by atoms with Crippen molar-refractivity contribution in [1.82, 2.24) is 5.32 Å². The number of halogens is 4. The molecular weight excluding hydrogens is 265 g/mol. The van der Waals surface area contributed by atoms with Crippen molar-refractivity contribution in [3.8, 4) is 0 Å². The summed E-state index contributed by atoms with van der Waals surface area (Å²) in [5.74, 6) is 0. The fourth-order valence-corrected chi connectivity index (χ4v) is 2.03. The summed E-state index contributed by atoms with van der Waals surface area (Å²) in [6.45, 7) is 1.56. The van der Waals surface area contributed by atoms with Crippen LogP contribution in [0.2, 0.25) is 5.02 Å². The zero-order valence-corrected chi connectivity index (χ0v) is 11.1. The van der Waals surface area contributed by atoms with E-state index in [0.717, 1.165) is 5.56 Å². The largest absolute Gasteiger partial charge is 0.405 e. The van der Waals surface area contributed by atoms with Gasteiger partial charge in [-0.2, -0.15) is 13.2 Å². The maximum absolute atomic E-state index is 12.4. The van der Waals surface area contributed by atoms with Crippen molar-refractivity contribution in [1.29, 1.82) is 0 Å². The van der Waals surface area contributed by atoms with Crippen molar-refractivity contribution in [3.63, 3.8) is 0 Å². The highest BCUT2D eigenvalue weighted by atomic mass is 35.5. The molecule has 0 spiro atoms. The van der Waals surface area contributed by atoms with Crippen LogP contribution in [0, 0.1) is 0 Å². The Morgan fingerprint density at radius 2 is 2.00 bits per heavy atom. The molecule has 1 aromatic carbocycles. The first kappa shape index (κ1) is 15.1. The summed E-state index contributed by atoms with van der Waals surface area (Å²) in [6, 6.07) is 5.09. The third kappa shape index (κ3) is 4.38. The number of hydrogen-bond donors (Lipinski definition) is 1. The smallest absolute Gasteiger partial charge is 0.362 e. The van der Waals surface area contributed by atoms with Gasteiger partial charge in [0.2, 0.25) is 0 Å². The molecule has 0 saturated carbocycles. The fourth-order valence-electron chi connectivity index (χ4n) is 1.70. The zero-order chi connectivity index (χ0) is 13.8. The highest BCUT2D eigenvalue weighted by Gasteiger charge is 2.30. The molecule has 0 heterocycles. The Hall–Kier alpha value is -0.940. The van der Waals surface area contributed by atoms with Crippen LogP contribution in [0.15, 0.2) is 18.2 Å². The summed E-state index contributed by atoms with van der Waals surface area (Å²) >= 11 is 6.03. The number of nitrogens with one attached hydrogen (secondary N) is 1. The van der Waals surface area contributed by atoms with E-state index >= 15 is 0 Å². The lowest BCUT2D eigenvalue weighted by atomic mass is 10.2. The van der Waals surface area contributed by atoms with E-state index < -0.39 is 12.7 Å². The molecule has 0 saturated heterocycles. The molecular formula is C12H16ClF3N2. The van der Waals surface area contributed by atoms with Gasteiger partial charge in [0.25, 0.3) is 0 Å². The summed E-state index contributed by atoms with van der Waals surface area (Å²) in [4.78, 5) is 1.21. The van der Waals surface area contributed by atoms with Crippen LogP contribution in [0.4, 0.5) is 18.9 Å². The minimum Gasteiger partial charge on any atom is -0.362 e. The van der Waals surface area contributed by atoms with Crippen LogP contribution < -0.4 is 10.2 Å². The first-order valence-electron chi connectivity index (χ1n) is 5.62. The Morgan fingerprint density at radius 3 is 2.44 bits per heavy atom. The van der Waals surface area contributed by atoms with Crippen molar-refractivity contribution >= 4 is 17.3 Å². The summed E-state index contributed by atoms with van der Waals surface area (Å²) in [5, 5.41) is 3.30. The molecule has 0 bridgehead atoms. The third-order valence-corrected chi connectivity index (χ3v) is 2.79. The maximum atomic E-state index is 12.4. The van der Waals surface area contributed by atoms with Gasteiger partial charge in [-0.1, -0.05) is 17.7 Å². The van der Waals surface area contributed by atoms with Crippen LogP contribution in [-0.2, 0) is 6.54 Å². The minimum absolute atomic E-state index is 0.255. The third-order valence-electron chi connectivity index (χ3n) is 2.49. The second-order valence-corrected chi connectivity index (χ2v) is 4.35. The lowest BCUT2D eigenvalue weighted by Gasteiger charge is -2.25. The Kier molecular flexibility index (Phi) is 5.28. The van der Waals surface area contributed by atoms with Crippen molar-refractivity contribution < 1.29 is 13.2 Å². The van der Waals surface area contributed by atoms with E-state index in [1.165, 1.54) is 4.90 Å². The lowest BCUT2D eigenvalue weighted by molar-refractivity contribution is -0.119. The second kappa shape index (κ2) is 6.29. The predicted octanol–water partition coefficient (Wildman–Crippen LogP) is 3.45. The number of alkyl halides is 3. The van der Waals surface area contributed by atoms with Gasteiger partial charge < -0.3 is 10.2 Å². The molecule has 0 fully saturated rings. The van der Waals surface area contributed by atoms with E-state index in [4.69, 9.17) is 11.6 Å². The van der Waals surface area contributed by atoms with E-state index in [1.54, 1.807) is 32.2 Å². The number of benzene rings is 1. The van der Waals surface area contributed by atoms with Crippen LogP contribution in [0.3, 0.4) is 0 Å². The standard InChI is InChI=1S/C12H16ClF3N2/c1-3-18(8-12(14,15)16)11-5-4-9(7-17-2)6-10(11)13/h4-6,17H,3,7-8H2,1-2H3. The highest BCUT2D eigenvalue weighted by molar-refractivity contribution is 6.33. The second-order valence-electron chi connectivity index (χ2n) is 3.95. The molecule has 0 aliphatic heterocycles. The van der Waals surface area contributed by atoms with Gasteiger partial charge in [-0.3, -0.25) is 0 Å². The van der Waals surface area contributed by atoms with Gasteiger partial charge in [0.05, 0.1) is 10.7 Å². The quantitative estimate of drug-likeness (QED) is 0.889. The monoisotopic (exact) mass is 280 g/mol. The Balaban J connectivity index is 2.93. The van der Waals surface area contributed by atoms with E-state index in [0.29, 0.717) is 17.3 Å². The van der Waals surface area contributed by atoms with Crippen LogP contribution in [-0.4, -0.2) is 26.3 Å². The van der Waals surface area contributed by atoms with Crippen molar-refractivity contribution in [2.24, 2.45) is 0 Å². The number of anilines is 1. The average molecular weight is 281 g/mol. The molecule has 1 rings (SSSR count). The van der Waals surface area contributed by atoms with Crippen LogP contribution in [0.1, 0.15) is 12.5 Å². The van der Waals surface area contributed by atoms with Gasteiger partial charge in [-0.15, -0.1) is 0 Å². The van der Waals surface area contributed by atoms with Gasteiger partial charge in [0.15, 0.2) is 0 Å². The fraction of sp³-hybridized carbons (Fsp3) is 0.500. The molecule has 0 aliphatic rings. The van der Waals surface area contributed by atoms with E-state index in [1.807, 2.05) is 0 Å². The molecule has 6 heteroatoms. The lowest BCUT2D eigenvalue weighted by Crippen LogP contribution is -2.34. The maximum Gasteiger partial charge on any atom is 0.405 e. The zero-order valence-electron chi connectivity index (χ0n) is 10.3. The predicted molar refractivity (Wildman–Crippen MR) is 68.2 cm³/mol. The van der Waals surface area contributed by atoms with Crippen LogP contribution in [0.5, 0.6) is 0 Å². The molecule has 0 radical (unpaired) electrons. The average Bonchev–Trinajstić information content (AvgIpc) is 2.26. The Bertz CT molecular complexity index is 393. The molecule has 0 unspecified atom stereocenters. The van der Waals surface area contributed by atoms with Crippen molar-refractivity contribution in [2.45, 2.75) is 19.6 Å². The van der Waals surface area contributed by atoms with Gasteiger partial charge in [-0.25, -0.2) is 0 Å². The summed E-state index contributed by atoms with van der Waals surface area (Å²) in [7, 11) is 1.80. The normalized spacial score (nSPS) is 11.7. The molecule has 0 atom stereocenters. The first-order valence-corrected chi connectivity index (χ1v) is 6.00. The Labute approximate surface area is 110 Å². The topological polar surface area (TPSA) is 15.3 Å². The minimum atomic E-state index is -4.23. The van der Waals surface area contributed by atoms with E-state index in [2.05, 4.69) is 5.32 Å². The summed E-state index contributed by atoms with van der Waals surface area (Å²) in [5.41, 5.74) is 1.35. The van der Waals surface area contributed by atoms with Gasteiger partial charge in [0, 0.05) is 13.1 Å². The van der Waals surface area contributed by atoms with Crippen LogP contribution in [0.25, 0.3) is 0 Å². The van der Waals surface area contributed by atoms with Crippen molar-refractivity contribution in [3.05, 3.63) is 28.8 Å². The Morgan fingerprint density at radius 1 is 1.33 bits per heavy atom. The molecule has 102 valence electrons. The molecule has 0 aromatic heterocycles. The molecule has 1 N–H and O–H groups in total. The molecule has 0 aliphatic carbocycles. The number of rotatable bonds is 5. The highest BCUT2D eigenvalue weighted by Crippen LogP contribution is 2.29. The molecule has 0 amide bonds. The number of hydrogen-bond acceptors (Lipinski definition) is 2. The first-order chi connectivity index (χ1) is 8.37. The van der Waals surface area contributed by atoms with E-state index in [-0.39, 0.29) is 6.54 Å². The van der Waals surface area contributed by atoms with Gasteiger partial charge >= 0.3 is 6.18 Å². The van der Waals surface area contributed by atoms with Gasteiger partial charge in [0.1, 0.15) is 6.54 Å². The van der Waals surface area contributed by atoms with E-state index in [9.17, 15) is 13.2 Å².